The number of aromatic nitrogens is 4. The van der Waals surface area contributed by atoms with E-state index in [1.807, 2.05) is 18.2 Å². The minimum atomic E-state index is -0.390. The van der Waals surface area contributed by atoms with Gasteiger partial charge in [-0.2, -0.15) is 25.1 Å². The molecule has 1 atom stereocenters. The Kier molecular flexibility index (Phi) is 5.36. The molecule has 0 bridgehead atoms. The van der Waals surface area contributed by atoms with Crippen molar-refractivity contribution in [1.82, 2.24) is 24.7 Å². The maximum atomic E-state index is 15.4. The molecule has 0 amide bonds. The number of rotatable bonds is 4. The Morgan fingerprint density at radius 3 is 2.72 bits per heavy atom. The molecule has 1 saturated heterocycles. The molecule has 3 aromatic heterocycles. The quantitative estimate of drug-likeness (QED) is 0.509. The van der Waals surface area contributed by atoms with Gasteiger partial charge < -0.3 is 5.32 Å². The van der Waals surface area contributed by atoms with Gasteiger partial charge in [-0.1, -0.05) is 23.9 Å². The fourth-order valence-corrected chi connectivity index (χ4v) is 5.09. The summed E-state index contributed by atoms with van der Waals surface area (Å²) >= 11 is 1.36. The van der Waals surface area contributed by atoms with Crippen LogP contribution in [-0.4, -0.2) is 32.5 Å². The van der Waals surface area contributed by atoms with E-state index >= 15 is 4.39 Å². The normalized spacial score (nSPS) is 16.0. The van der Waals surface area contributed by atoms with Gasteiger partial charge in [-0.3, -0.25) is 0 Å². The number of benzene rings is 1. The molecule has 4 aromatic rings. The van der Waals surface area contributed by atoms with Gasteiger partial charge >= 0.3 is 0 Å². The lowest BCUT2D eigenvalue weighted by Gasteiger charge is -2.23. The number of halogens is 1. The van der Waals surface area contributed by atoms with Crippen molar-refractivity contribution in [1.29, 1.82) is 10.5 Å². The van der Waals surface area contributed by atoms with E-state index in [2.05, 4.69) is 27.7 Å². The first-order valence-corrected chi connectivity index (χ1v) is 11.0. The number of nitriles is 2. The number of nitrogens with one attached hydrogen (secondary N) is 1. The van der Waals surface area contributed by atoms with E-state index < -0.39 is 0 Å². The van der Waals surface area contributed by atoms with Gasteiger partial charge in [0.1, 0.15) is 12.1 Å². The van der Waals surface area contributed by atoms with Gasteiger partial charge in [-0.05, 0) is 37.6 Å². The number of pyridine rings is 1. The molecule has 7 nitrogen and oxygen atoms in total. The van der Waals surface area contributed by atoms with E-state index in [9.17, 15) is 10.5 Å². The van der Waals surface area contributed by atoms with Crippen molar-refractivity contribution in [2.24, 2.45) is 0 Å². The van der Waals surface area contributed by atoms with Crippen LogP contribution in [0.3, 0.4) is 0 Å². The lowest BCUT2D eigenvalue weighted by atomic mass is 10.1. The van der Waals surface area contributed by atoms with E-state index in [1.165, 1.54) is 28.8 Å². The van der Waals surface area contributed by atoms with Crippen molar-refractivity contribution < 1.29 is 4.39 Å². The average molecular weight is 444 g/mol. The Morgan fingerprint density at radius 1 is 1.09 bits per heavy atom. The van der Waals surface area contributed by atoms with E-state index in [0.717, 1.165) is 24.3 Å². The summed E-state index contributed by atoms with van der Waals surface area (Å²) in [5, 5.41) is 30.9. The van der Waals surface area contributed by atoms with Gasteiger partial charge in [0.25, 0.3) is 0 Å². The molecule has 9 heteroatoms. The highest BCUT2D eigenvalue weighted by Gasteiger charge is 2.23. The third-order valence-electron chi connectivity index (χ3n) is 5.59. The van der Waals surface area contributed by atoms with Gasteiger partial charge in [0, 0.05) is 28.1 Å². The summed E-state index contributed by atoms with van der Waals surface area (Å²) in [6, 6.07) is 13.4. The third kappa shape index (κ3) is 3.52. The molecule has 1 aliphatic rings. The summed E-state index contributed by atoms with van der Waals surface area (Å²) < 4.78 is 18.4. The van der Waals surface area contributed by atoms with Crippen LogP contribution in [0.4, 0.5) is 4.39 Å². The van der Waals surface area contributed by atoms with Crippen molar-refractivity contribution in [3.8, 4) is 23.3 Å². The largest absolute Gasteiger partial charge is 0.315 e. The third-order valence-corrected chi connectivity index (χ3v) is 6.69. The standard InChI is InChI=1S/C23H18FN7S/c24-23-19(13-29-31(23)18-5-3-7-27-12-18)16-8-21(22-17(10-26)11-28-30(22)14-16)32-20-6-2-1-4-15(20)9-25/h1-2,4,6,8,11,13-14,18,27H,3,5,7,12H2/t18-/m0/s1. The second-order valence-corrected chi connectivity index (χ2v) is 8.64. The first kappa shape index (κ1) is 20.3. The molecule has 5 rings (SSSR count). The fraction of sp³-hybridized carbons (Fsp3) is 0.217. The molecule has 0 unspecified atom stereocenters. The summed E-state index contributed by atoms with van der Waals surface area (Å²) in [7, 11) is 0. The van der Waals surface area contributed by atoms with Crippen LogP contribution < -0.4 is 5.32 Å². The second-order valence-electron chi connectivity index (χ2n) is 7.56. The summed E-state index contributed by atoms with van der Waals surface area (Å²) in [6.45, 7) is 1.63. The number of hydrogen-bond acceptors (Lipinski definition) is 6. The predicted molar refractivity (Wildman–Crippen MR) is 118 cm³/mol. The molecule has 0 saturated carbocycles. The van der Waals surface area contributed by atoms with Gasteiger partial charge in [-0.25, -0.2) is 9.20 Å². The molecule has 4 heterocycles. The number of hydrogen-bond donors (Lipinski definition) is 1. The number of nitrogens with zero attached hydrogens (tertiary/aromatic N) is 6. The molecule has 0 aliphatic carbocycles. The number of fused-ring (bicyclic) bond motifs is 1. The van der Waals surface area contributed by atoms with E-state index in [4.69, 9.17) is 0 Å². The van der Waals surface area contributed by atoms with E-state index in [1.54, 1.807) is 22.8 Å². The SMILES string of the molecule is N#Cc1ccccc1Sc1cc(-c2cnn([C@H]3CCCNC3)c2F)cn2ncc(C#N)c12. The smallest absolute Gasteiger partial charge is 0.219 e. The Balaban J connectivity index is 1.62. The maximum absolute atomic E-state index is 15.4. The highest BCUT2D eigenvalue weighted by molar-refractivity contribution is 7.99. The Morgan fingerprint density at radius 2 is 1.94 bits per heavy atom. The Bertz CT molecular complexity index is 1390. The lowest BCUT2D eigenvalue weighted by molar-refractivity contribution is 0.308. The zero-order valence-electron chi connectivity index (χ0n) is 17.0. The van der Waals surface area contributed by atoms with Gasteiger partial charge in [0.15, 0.2) is 0 Å². The molecule has 158 valence electrons. The van der Waals surface area contributed by atoms with Crippen molar-refractivity contribution in [2.75, 3.05) is 13.1 Å². The first-order chi connectivity index (χ1) is 15.7. The molecule has 0 radical (unpaired) electrons. The van der Waals surface area contributed by atoms with Crippen LogP contribution in [0.1, 0.15) is 30.0 Å². The van der Waals surface area contributed by atoms with Crippen molar-refractivity contribution in [2.45, 2.75) is 28.7 Å². The van der Waals surface area contributed by atoms with Gasteiger partial charge in [0.2, 0.25) is 5.95 Å². The minimum absolute atomic E-state index is 0.0209. The average Bonchev–Trinajstić information content (AvgIpc) is 3.43. The maximum Gasteiger partial charge on any atom is 0.219 e. The fourth-order valence-electron chi connectivity index (χ4n) is 4.00. The summed E-state index contributed by atoms with van der Waals surface area (Å²) in [6.07, 6.45) is 6.60. The highest BCUT2D eigenvalue weighted by Crippen LogP contribution is 2.37. The van der Waals surface area contributed by atoms with Crippen LogP contribution in [0.25, 0.3) is 16.6 Å². The van der Waals surface area contributed by atoms with Crippen LogP contribution in [0.2, 0.25) is 0 Å². The van der Waals surface area contributed by atoms with Crippen LogP contribution in [0, 0.1) is 28.6 Å². The molecule has 1 aromatic carbocycles. The summed E-state index contributed by atoms with van der Waals surface area (Å²) in [5.74, 6) is -0.390. The lowest BCUT2D eigenvalue weighted by Crippen LogP contribution is -2.32. The molecular weight excluding hydrogens is 425 g/mol. The molecule has 0 spiro atoms. The first-order valence-electron chi connectivity index (χ1n) is 10.2. The molecule has 32 heavy (non-hydrogen) atoms. The monoisotopic (exact) mass is 443 g/mol. The molecule has 1 aliphatic heterocycles. The van der Waals surface area contributed by atoms with Crippen LogP contribution in [-0.2, 0) is 0 Å². The van der Waals surface area contributed by atoms with Crippen molar-refractivity contribution >= 4 is 17.3 Å². The highest BCUT2D eigenvalue weighted by atomic mass is 32.2. The molecule has 1 fully saturated rings. The second kappa shape index (κ2) is 8.46. The summed E-state index contributed by atoms with van der Waals surface area (Å²) in [4.78, 5) is 1.47. The minimum Gasteiger partial charge on any atom is -0.315 e. The predicted octanol–water partition coefficient (Wildman–Crippen LogP) is 4.16. The van der Waals surface area contributed by atoms with Gasteiger partial charge in [0.05, 0.1) is 40.6 Å². The Labute approximate surface area is 188 Å². The van der Waals surface area contributed by atoms with Crippen molar-refractivity contribution in [3.05, 3.63) is 66.0 Å². The van der Waals surface area contributed by atoms with Crippen LogP contribution >= 0.6 is 11.8 Å². The van der Waals surface area contributed by atoms with Crippen LogP contribution in [0.15, 0.2) is 58.7 Å². The number of piperidine rings is 1. The molecule has 1 N–H and O–H groups in total. The zero-order chi connectivity index (χ0) is 22.1. The zero-order valence-corrected chi connectivity index (χ0v) is 17.8. The topological polar surface area (TPSA) is 94.7 Å². The van der Waals surface area contributed by atoms with Gasteiger partial charge in [-0.15, -0.1) is 0 Å². The van der Waals surface area contributed by atoms with E-state index in [-0.39, 0.29) is 12.0 Å². The summed E-state index contributed by atoms with van der Waals surface area (Å²) in [5.41, 5.74) is 2.55. The van der Waals surface area contributed by atoms with E-state index in [0.29, 0.717) is 39.2 Å². The van der Waals surface area contributed by atoms with Crippen LogP contribution in [0.5, 0.6) is 0 Å². The molecular formula is C23H18FN7S. The van der Waals surface area contributed by atoms with Crippen molar-refractivity contribution in [3.63, 3.8) is 0 Å². The Hall–Kier alpha value is -3.66.